The van der Waals surface area contributed by atoms with E-state index in [-0.39, 0.29) is 6.42 Å². The first-order chi connectivity index (χ1) is 10.5. The van der Waals surface area contributed by atoms with Crippen molar-refractivity contribution in [1.82, 2.24) is 0 Å². The van der Waals surface area contributed by atoms with Crippen LogP contribution in [0, 0.1) is 0 Å². The van der Waals surface area contributed by atoms with Crippen LogP contribution in [0.3, 0.4) is 0 Å². The van der Waals surface area contributed by atoms with E-state index in [1.54, 1.807) is 0 Å². The zero-order chi connectivity index (χ0) is 16.7. The van der Waals surface area contributed by atoms with Gasteiger partial charge in [-0.15, -0.1) is 0 Å². The highest BCUT2D eigenvalue weighted by molar-refractivity contribution is 5.66. The van der Waals surface area contributed by atoms with E-state index in [0.29, 0.717) is 12.8 Å². The highest BCUT2D eigenvalue weighted by atomic mass is 16.5. The summed E-state index contributed by atoms with van der Waals surface area (Å²) < 4.78 is 0. The van der Waals surface area contributed by atoms with Gasteiger partial charge in [0.15, 0.2) is 5.79 Å². The Kier molecular flexibility index (Phi) is 13.6. The number of hydrogen-bond acceptors (Lipinski definition) is 3. The molecule has 3 N–H and O–H groups in total. The first-order valence-electron chi connectivity index (χ1n) is 9.14. The Labute approximate surface area is 135 Å². The summed E-state index contributed by atoms with van der Waals surface area (Å²) in [6, 6.07) is 0. The number of rotatable bonds is 16. The highest BCUT2D eigenvalue weighted by Crippen LogP contribution is 2.20. The molecule has 0 unspecified atom stereocenters. The SMILES string of the molecule is CCCCCCCCCC(O)(O)CCCCCCCC(=O)O. The maximum atomic E-state index is 10.4. The van der Waals surface area contributed by atoms with Crippen LogP contribution in [0.2, 0.25) is 0 Å². The van der Waals surface area contributed by atoms with E-state index in [0.717, 1.165) is 44.9 Å². The fourth-order valence-electron chi connectivity index (χ4n) is 2.70. The van der Waals surface area contributed by atoms with Gasteiger partial charge < -0.3 is 15.3 Å². The quantitative estimate of drug-likeness (QED) is 0.287. The fourth-order valence-corrected chi connectivity index (χ4v) is 2.70. The van der Waals surface area contributed by atoms with Crippen molar-refractivity contribution in [2.24, 2.45) is 0 Å². The molecule has 0 radical (unpaired) electrons. The third-order valence-corrected chi connectivity index (χ3v) is 4.15. The molecule has 0 rings (SSSR count). The van der Waals surface area contributed by atoms with Gasteiger partial charge in [0, 0.05) is 19.3 Å². The van der Waals surface area contributed by atoms with Crippen molar-refractivity contribution in [3.63, 3.8) is 0 Å². The minimum atomic E-state index is -1.51. The van der Waals surface area contributed by atoms with Gasteiger partial charge in [0.25, 0.3) is 0 Å². The average molecular weight is 316 g/mol. The van der Waals surface area contributed by atoms with Gasteiger partial charge in [-0.05, 0) is 19.3 Å². The molecule has 0 aromatic rings. The van der Waals surface area contributed by atoms with Gasteiger partial charge in [0.2, 0.25) is 0 Å². The molecule has 0 spiro atoms. The summed E-state index contributed by atoms with van der Waals surface area (Å²) >= 11 is 0. The van der Waals surface area contributed by atoms with Crippen LogP contribution in [-0.4, -0.2) is 27.1 Å². The summed E-state index contributed by atoms with van der Waals surface area (Å²) in [5.41, 5.74) is 0. The number of aliphatic carboxylic acids is 1. The summed E-state index contributed by atoms with van der Waals surface area (Å²) in [4.78, 5) is 10.4. The molecule has 0 aliphatic heterocycles. The average Bonchev–Trinajstić information content (AvgIpc) is 2.45. The molecule has 0 saturated heterocycles. The second-order valence-electron chi connectivity index (χ2n) is 6.52. The van der Waals surface area contributed by atoms with Crippen LogP contribution in [0.25, 0.3) is 0 Å². The predicted molar refractivity (Wildman–Crippen MR) is 89.7 cm³/mol. The Morgan fingerprint density at radius 2 is 1.14 bits per heavy atom. The number of hydrogen-bond donors (Lipinski definition) is 3. The standard InChI is InChI=1S/C18H36O4/c1-2-3-4-5-6-9-12-15-18(21,22)16-13-10-7-8-11-14-17(19)20/h21-22H,2-16H2,1H3,(H,19,20). The Balaban J connectivity index is 3.39. The Morgan fingerprint density at radius 1 is 0.727 bits per heavy atom. The molecule has 0 aromatic heterocycles. The van der Waals surface area contributed by atoms with Crippen molar-refractivity contribution in [1.29, 1.82) is 0 Å². The van der Waals surface area contributed by atoms with Gasteiger partial charge in [0.05, 0.1) is 0 Å². The van der Waals surface area contributed by atoms with Crippen LogP contribution in [0.15, 0.2) is 0 Å². The molecule has 0 aliphatic rings. The zero-order valence-corrected chi connectivity index (χ0v) is 14.4. The second-order valence-corrected chi connectivity index (χ2v) is 6.52. The van der Waals surface area contributed by atoms with Gasteiger partial charge in [0.1, 0.15) is 0 Å². The van der Waals surface area contributed by atoms with E-state index in [1.807, 2.05) is 0 Å². The maximum absolute atomic E-state index is 10.4. The minimum Gasteiger partial charge on any atom is -0.481 e. The summed E-state index contributed by atoms with van der Waals surface area (Å²) in [7, 11) is 0. The molecular weight excluding hydrogens is 280 g/mol. The molecule has 0 bridgehead atoms. The molecule has 22 heavy (non-hydrogen) atoms. The van der Waals surface area contributed by atoms with Gasteiger partial charge in [-0.1, -0.05) is 64.7 Å². The highest BCUT2D eigenvalue weighted by Gasteiger charge is 2.21. The topological polar surface area (TPSA) is 77.8 Å². The van der Waals surface area contributed by atoms with Gasteiger partial charge in [-0.2, -0.15) is 0 Å². The largest absolute Gasteiger partial charge is 0.481 e. The molecule has 4 heteroatoms. The third kappa shape index (κ3) is 15.8. The lowest BCUT2D eigenvalue weighted by atomic mass is 9.99. The van der Waals surface area contributed by atoms with Crippen molar-refractivity contribution in [2.45, 2.75) is 109 Å². The van der Waals surface area contributed by atoms with Crippen LogP contribution in [0.1, 0.15) is 103 Å². The molecule has 0 amide bonds. The predicted octanol–water partition coefficient (Wildman–Crippen LogP) is 4.62. The summed E-state index contributed by atoms with van der Waals surface area (Å²) in [6.07, 6.45) is 13.8. The van der Waals surface area contributed by atoms with Gasteiger partial charge in [-0.25, -0.2) is 0 Å². The number of carbonyl (C=O) groups is 1. The Hall–Kier alpha value is -0.610. The molecule has 132 valence electrons. The molecule has 0 atom stereocenters. The fraction of sp³-hybridized carbons (Fsp3) is 0.944. The first-order valence-corrected chi connectivity index (χ1v) is 9.14. The van der Waals surface area contributed by atoms with Gasteiger partial charge >= 0.3 is 5.97 Å². The Bertz CT molecular complexity index is 264. The van der Waals surface area contributed by atoms with Crippen molar-refractivity contribution in [2.75, 3.05) is 0 Å². The van der Waals surface area contributed by atoms with Crippen molar-refractivity contribution < 1.29 is 20.1 Å². The molecule has 0 fully saturated rings. The van der Waals surface area contributed by atoms with E-state index >= 15 is 0 Å². The van der Waals surface area contributed by atoms with E-state index in [1.165, 1.54) is 32.1 Å². The molecule has 0 aliphatic carbocycles. The zero-order valence-electron chi connectivity index (χ0n) is 14.4. The monoisotopic (exact) mass is 316 g/mol. The van der Waals surface area contributed by atoms with Crippen LogP contribution in [0.4, 0.5) is 0 Å². The van der Waals surface area contributed by atoms with Crippen molar-refractivity contribution in [3.05, 3.63) is 0 Å². The lowest BCUT2D eigenvalue weighted by Crippen LogP contribution is -2.27. The lowest BCUT2D eigenvalue weighted by Gasteiger charge is -2.21. The second kappa shape index (κ2) is 14.0. The number of unbranched alkanes of at least 4 members (excludes halogenated alkanes) is 10. The summed E-state index contributed by atoms with van der Waals surface area (Å²) in [5.74, 6) is -2.25. The third-order valence-electron chi connectivity index (χ3n) is 4.15. The summed E-state index contributed by atoms with van der Waals surface area (Å²) in [6.45, 7) is 2.21. The van der Waals surface area contributed by atoms with Crippen LogP contribution in [-0.2, 0) is 4.79 Å². The lowest BCUT2D eigenvalue weighted by molar-refractivity contribution is -0.172. The number of aliphatic hydroxyl groups is 2. The minimum absolute atomic E-state index is 0.238. The normalized spacial score (nSPS) is 11.8. The molecule has 0 saturated carbocycles. The number of carboxylic acid groups (broad SMARTS) is 1. The van der Waals surface area contributed by atoms with Crippen molar-refractivity contribution in [3.8, 4) is 0 Å². The smallest absolute Gasteiger partial charge is 0.303 e. The Morgan fingerprint density at radius 3 is 1.59 bits per heavy atom. The van der Waals surface area contributed by atoms with Crippen LogP contribution in [0.5, 0.6) is 0 Å². The van der Waals surface area contributed by atoms with Crippen molar-refractivity contribution >= 4 is 5.97 Å². The van der Waals surface area contributed by atoms with E-state index in [4.69, 9.17) is 5.11 Å². The first kappa shape index (κ1) is 21.4. The molecular formula is C18H36O4. The van der Waals surface area contributed by atoms with E-state index < -0.39 is 11.8 Å². The molecule has 4 nitrogen and oxygen atoms in total. The molecule has 0 heterocycles. The van der Waals surface area contributed by atoms with Crippen LogP contribution < -0.4 is 0 Å². The van der Waals surface area contributed by atoms with E-state index in [2.05, 4.69) is 6.92 Å². The summed E-state index contributed by atoms with van der Waals surface area (Å²) in [5, 5.41) is 28.3. The maximum Gasteiger partial charge on any atom is 0.303 e. The van der Waals surface area contributed by atoms with E-state index in [9.17, 15) is 15.0 Å². The molecule has 0 aromatic carbocycles. The van der Waals surface area contributed by atoms with Gasteiger partial charge in [-0.3, -0.25) is 4.79 Å². The number of carboxylic acids is 1. The van der Waals surface area contributed by atoms with Crippen LogP contribution >= 0.6 is 0 Å².